The van der Waals surface area contributed by atoms with E-state index in [1.54, 1.807) is 18.2 Å². The van der Waals surface area contributed by atoms with Crippen molar-refractivity contribution in [1.82, 2.24) is 0 Å². The lowest BCUT2D eigenvalue weighted by Crippen LogP contribution is -1.93. The monoisotopic (exact) mass is 216 g/mol. The lowest BCUT2D eigenvalue weighted by atomic mass is 10.1. The van der Waals surface area contributed by atoms with Crippen LogP contribution in [0.15, 0.2) is 43.0 Å². The third-order valence-electron chi connectivity index (χ3n) is 2.31. The van der Waals surface area contributed by atoms with Gasteiger partial charge in [-0.3, -0.25) is 0 Å². The van der Waals surface area contributed by atoms with Crippen molar-refractivity contribution in [2.45, 2.75) is 0 Å². The van der Waals surface area contributed by atoms with E-state index >= 15 is 0 Å². The first-order chi connectivity index (χ1) is 7.74. The van der Waals surface area contributed by atoms with Crippen molar-refractivity contribution in [1.29, 1.82) is 0 Å². The summed E-state index contributed by atoms with van der Waals surface area (Å²) < 4.78 is 5.42. The van der Waals surface area contributed by atoms with E-state index in [1.165, 1.54) is 6.07 Å². The molecule has 0 aliphatic rings. The summed E-state index contributed by atoms with van der Waals surface area (Å²) in [5, 5.41) is 20.6. The Labute approximate surface area is 93.2 Å². The highest BCUT2D eigenvalue weighted by molar-refractivity contribution is 5.95. The Morgan fingerprint density at radius 3 is 2.56 bits per heavy atom. The molecule has 0 aliphatic carbocycles. The Balaban J connectivity index is 2.64. The van der Waals surface area contributed by atoms with Crippen LogP contribution in [0, 0.1) is 0 Å². The van der Waals surface area contributed by atoms with Crippen molar-refractivity contribution in [3.05, 3.63) is 43.0 Å². The molecular formula is C13H12O3. The number of hydrogen-bond acceptors (Lipinski definition) is 3. The van der Waals surface area contributed by atoms with E-state index in [9.17, 15) is 10.2 Å². The zero-order valence-electron chi connectivity index (χ0n) is 8.68. The number of aromatic hydroxyl groups is 2. The first-order valence-corrected chi connectivity index (χ1v) is 4.91. The normalized spacial score (nSPS) is 10.2. The topological polar surface area (TPSA) is 49.7 Å². The first kappa shape index (κ1) is 10.4. The maximum atomic E-state index is 9.68. The molecule has 2 aromatic rings. The van der Waals surface area contributed by atoms with Crippen LogP contribution in [0.4, 0.5) is 0 Å². The van der Waals surface area contributed by atoms with Gasteiger partial charge in [-0.2, -0.15) is 0 Å². The highest BCUT2D eigenvalue weighted by atomic mass is 16.5. The molecule has 0 atom stereocenters. The minimum atomic E-state index is -0.183. The van der Waals surface area contributed by atoms with Gasteiger partial charge in [-0.25, -0.2) is 0 Å². The van der Waals surface area contributed by atoms with Crippen molar-refractivity contribution in [2.24, 2.45) is 0 Å². The fraction of sp³-hybridized carbons (Fsp3) is 0.0769. The Morgan fingerprint density at radius 2 is 1.88 bits per heavy atom. The number of fused-ring (bicyclic) bond motifs is 1. The van der Waals surface area contributed by atoms with Crippen LogP contribution in [0.2, 0.25) is 0 Å². The fourth-order valence-corrected chi connectivity index (χ4v) is 1.58. The highest BCUT2D eigenvalue weighted by Crippen LogP contribution is 2.39. The fourth-order valence-electron chi connectivity index (χ4n) is 1.58. The lowest BCUT2D eigenvalue weighted by molar-refractivity contribution is 0.360. The van der Waals surface area contributed by atoms with E-state index in [0.29, 0.717) is 17.7 Å². The largest absolute Gasteiger partial charge is 0.504 e. The zero-order valence-corrected chi connectivity index (χ0v) is 8.68. The summed E-state index contributed by atoms with van der Waals surface area (Å²) in [6.07, 6.45) is 1.62. The van der Waals surface area contributed by atoms with E-state index in [2.05, 4.69) is 6.58 Å². The second-order valence-corrected chi connectivity index (χ2v) is 3.39. The molecule has 0 aliphatic heterocycles. The smallest absolute Gasteiger partial charge is 0.165 e. The van der Waals surface area contributed by atoms with Gasteiger partial charge < -0.3 is 14.9 Å². The molecule has 2 rings (SSSR count). The van der Waals surface area contributed by atoms with Crippen LogP contribution in [0.5, 0.6) is 17.2 Å². The van der Waals surface area contributed by atoms with Crippen LogP contribution in [-0.2, 0) is 0 Å². The van der Waals surface area contributed by atoms with Gasteiger partial charge in [-0.1, -0.05) is 36.9 Å². The summed E-state index contributed by atoms with van der Waals surface area (Å²) in [4.78, 5) is 0. The third-order valence-corrected chi connectivity index (χ3v) is 2.31. The minimum absolute atomic E-state index is 0.124. The van der Waals surface area contributed by atoms with E-state index in [0.717, 1.165) is 5.39 Å². The molecule has 3 nitrogen and oxygen atoms in total. The highest BCUT2D eigenvalue weighted by Gasteiger charge is 2.10. The second-order valence-electron chi connectivity index (χ2n) is 3.39. The zero-order chi connectivity index (χ0) is 11.5. The van der Waals surface area contributed by atoms with Crippen molar-refractivity contribution >= 4 is 10.8 Å². The quantitative estimate of drug-likeness (QED) is 0.612. The van der Waals surface area contributed by atoms with Crippen LogP contribution < -0.4 is 4.74 Å². The summed E-state index contributed by atoms with van der Waals surface area (Å²) in [6, 6.07) is 8.59. The number of benzene rings is 2. The maximum Gasteiger partial charge on any atom is 0.165 e. The van der Waals surface area contributed by atoms with Crippen molar-refractivity contribution in [3.8, 4) is 17.2 Å². The van der Waals surface area contributed by atoms with E-state index in [4.69, 9.17) is 4.74 Å². The van der Waals surface area contributed by atoms with Gasteiger partial charge in [-0.15, -0.1) is 0 Å². The van der Waals surface area contributed by atoms with Crippen molar-refractivity contribution in [2.75, 3.05) is 6.61 Å². The molecule has 2 aromatic carbocycles. The number of phenols is 2. The molecule has 0 fully saturated rings. The van der Waals surface area contributed by atoms with Gasteiger partial charge in [0.25, 0.3) is 0 Å². The van der Waals surface area contributed by atoms with E-state index in [1.807, 2.05) is 12.1 Å². The molecule has 0 spiro atoms. The van der Waals surface area contributed by atoms with Crippen LogP contribution in [0.25, 0.3) is 10.8 Å². The van der Waals surface area contributed by atoms with Gasteiger partial charge in [-0.05, 0) is 0 Å². The molecule has 0 unspecified atom stereocenters. The molecule has 16 heavy (non-hydrogen) atoms. The predicted molar refractivity (Wildman–Crippen MR) is 63.0 cm³/mol. The summed E-state index contributed by atoms with van der Waals surface area (Å²) in [7, 11) is 0. The Hall–Kier alpha value is -2.16. The van der Waals surface area contributed by atoms with E-state index in [-0.39, 0.29) is 11.5 Å². The predicted octanol–water partition coefficient (Wildman–Crippen LogP) is 2.82. The third kappa shape index (κ3) is 1.67. The van der Waals surface area contributed by atoms with Gasteiger partial charge in [0, 0.05) is 16.8 Å². The standard InChI is InChI=1S/C13H12O3/c1-2-7-16-12-8-11(14)13(15)10-6-4-3-5-9(10)12/h2-6,8,14-15H,1,7H2. The van der Waals surface area contributed by atoms with Gasteiger partial charge in [0.1, 0.15) is 12.4 Å². The number of ether oxygens (including phenoxy) is 1. The van der Waals surface area contributed by atoms with Crippen molar-refractivity contribution in [3.63, 3.8) is 0 Å². The Morgan fingerprint density at radius 1 is 1.19 bits per heavy atom. The van der Waals surface area contributed by atoms with E-state index < -0.39 is 0 Å². The van der Waals surface area contributed by atoms with Crippen LogP contribution >= 0.6 is 0 Å². The summed E-state index contributed by atoms with van der Waals surface area (Å²) in [6.45, 7) is 3.91. The summed E-state index contributed by atoms with van der Waals surface area (Å²) in [5.74, 6) is 0.227. The molecule has 82 valence electrons. The molecule has 0 heterocycles. The summed E-state index contributed by atoms with van der Waals surface area (Å²) in [5.41, 5.74) is 0. The molecule has 0 radical (unpaired) electrons. The van der Waals surface area contributed by atoms with Gasteiger partial charge in [0.2, 0.25) is 0 Å². The lowest BCUT2D eigenvalue weighted by Gasteiger charge is -2.10. The van der Waals surface area contributed by atoms with Crippen LogP contribution in [0.3, 0.4) is 0 Å². The number of rotatable bonds is 3. The molecular weight excluding hydrogens is 204 g/mol. The molecule has 0 bridgehead atoms. The molecule has 0 aromatic heterocycles. The second kappa shape index (κ2) is 4.14. The average molecular weight is 216 g/mol. The number of hydrogen-bond donors (Lipinski definition) is 2. The average Bonchev–Trinajstić information content (AvgIpc) is 2.32. The van der Waals surface area contributed by atoms with Crippen LogP contribution in [-0.4, -0.2) is 16.8 Å². The number of phenolic OH excluding ortho intramolecular Hbond substituents is 2. The minimum Gasteiger partial charge on any atom is -0.504 e. The van der Waals surface area contributed by atoms with Crippen molar-refractivity contribution < 1.29 is 14.9 Å². The SMILES string of the molecule is C=CCOc1cc(O)c(O)c2ccccc12. The van der Waals surface area contributed by atoms with Gasteiger partial charge >= 0.3 is 0 Å². The molecule has 2 N–H and O–H groups in total. The summed E-state index contributed by atoms with van der Waals surface area (Å²) >= 11 is 0. The van der Waals surface area contributed by atoms with Crippen LogP contribution in [0.1, 0.15) is 0 Å². The Kier molecular flexibility index (Phi) is 2.68. The van der Waals surface area contributed by atoms with Gasteiger partial charge in [0.05, 0.1) is 0 Å². The Bertz CT molecular complexity index is 532. The first-order valence-electron chi connectivity index (χ1n) is 4.91. The molecule has 0 amide bonds. The molecule has 0 saturated heterocycles. The molecule has 3 heteroatoms. The molecule has 0 saturated carbocycles. The van der Waals surface area contributed by atoms with Gasteiger partial charge in [0.15, 0.2) is 11.5 Å². The maximum absolute atomic E-state index is 9.68.